The van der Waals surface area contributed by atoms with Gasteiger partial charge < -0.3 is 19.7 Å². The van der Waals surface area contributed by atoms with E-state index in [1.165, 1.54) is 0 Å². The Morgan fingerprint density at radius 1 is 1.33 bits per heavy atom. The number of nitrogens with one attached hydrogen (secondary N) is 1. The Hall–Kier alpha value is -2.26. The molecule has 0 bridgehead atoms. The molecule has 0 aliphatic carbocycles. The monoisotopic (exact) mass is 329 g/mol. The van der Waals surface area contributed by atoms with E-state index in [1.54, 1.807) is 19.1 Å². The lowest BCUT2D eigenvalue weighted by atomic mass is 9.94. The summed E-state index contributed by atoms with van der Waals surface area (Å²) in [6.45, 7) is 1.37. The molecular formula is C18H23N3O3. The third kappa shape index (κ3) is 2.92. The van der Waals surface area contributed by atoms with Crippen molar-refractivity contribution >= 4 is 5.91 Å². The molecule has 2 aliphatic heterocycles. The first-order chi connectivity index (χ1) is 11.7. The van der Waals surface area contributed by atoms with Crippen LogP contribution in [0.5, 0.6) is 11.5 Å². The van der Waals surface area contributed by atoms with Crippen LogP contribution in [0, 0.1) is 11.3 Å². The highest BCUT2D eigenvalue weighted by Crippen LogP contribution is 2.39. The van der Waals surface area contributed by atoms with Gasteiger partial charge in [-0.15, -0.1) is 0 Å². The van der Waals surface area contributed by atoms with E-state index in [9.17, 15) is 10.1 Å². The Kier molecular flexibility index (Phi) is 4.91. The van der Waals surface area contributed by atoms with E-state index in [-0.39, 0.29) is 23.9 Å². The van der Waals surface area contributed by atoms with Crippen molar-refractivity contribution in [2.24, 2.45) is 0 Å². The van der Waals surface area contributed by atoms with E-state index >= 15 is 0 Å². The highest BCUT2D eigenvalue weighted by Gasteiger charge is 2.38. The zero-order valence-corrected chi connectivity index (χ0v) is 14.1. The maximum Gasteiger partial charge on any atom is 0.240 e. The van der Waals surface area contributed by atoms with Crippen molar-refractivity contribution in [3.05, 3.63) is 23.8 Å². The maximum absolute atomic E-state index is 12.8. The minimum Gasteiger partial charge on any atom is -0.496 e. The van der Waals surface area contributed by atoms with Crippen molar-refractivity contribution < 1.29 is 14.3 Å². The van der Waals surface area contributed by atoms with Crippen LogP contribution in [0.25, 0.3) is 0 Å². The Labute approximate surface area is 142 Å². The number of hydrogen-bond donors (Lipinski definition) is 1. The normalized spacial score (nSPS) is 26.2. The molecule has 0 aromatic heterocycles. The van der Waals surface area contributed by atoms with Crippen LogP contribution in [-0.2, 0) is 4.79 Å². The van der Waals surface area contributed by atoms with Crippen molar-refractivity contribution in [1.82, 2.24) is 10.2 Å². The van der Waals surface area contributed by atoms with E-state index in [0.29, 0.717) is 19.5 Å². The second kappa shape index (κ2) is 7.10. The number of methoxy groups -OCH3 is 2. The van der Waals surface area contributed by atoms with Crippen LogP contribution < -0.4 is 14.8 Å². The number of nitrogens with zero attached hydrogens (tertiary/aromatic N) is 2. The average molecular weight is 329 g/mol. The zero-order valence-electron chi connectivity index (χ0n) is 14.1. The molecular weight excluding hydrogens is 306 g/mol. The van der Waals surface area contributed by atoms with Gasteiger partial charge in [-0.05, 0) is 31.4 Å². The quantitative estimate of drug-likeness (QED) is 0.909. The molecule has 1 aromatic carbocycles. The molecule has 128 valence electrons. The van der Waals surface area contributed by atoms with E-state index in [2.05, 4.69) is 11.4 Å². The third-order valence-corrected chi connectivity index (χ3v) is 4.99. The average Bonchev–Trinajstić information content (AvgIpc) is 3.29. The van der Waals surface area contributed by atoms with Crippen molar-refractivity contribution in [3.8, 4) is 17.6 Å². The van der Waals surface area contributed by atoms with Crippen LogP contribution in [0.15, 0.2) is 18.2 Å². The molecule has 2 heterocycles. The third-order valence-electron chi connectivity index (χ3n) is 4.99. The van der Waals surface area contributed by atoms with Crippen LogP contribution in [0.4, 0.5) is 0 Å². The molecule has 6 heteroatoms. The number of carbonyl (C=O) groups is 1. The Balaban J connectivity index is 1.77. The molecule has 1 N–H and O–H groups in total. The zero-order chi connectivity index (χ0) is 17.1. The van der Waals surface area contributed by atoms with Gasteiger partial charge >= 0.3 is 0 Å². The lowest BCUT2D eigenvalue weighted by Gasteiger charge is -2.23. The Morgan fingerprint density at radius 2 is 2.04 bits per heavy atom. The SMILES string of the molecule is COc1cccc(OC)c1[C@@H]1CN[C@H](C(=O)N2CCC[C@H]2C#N)C1. The predicted molar refractivity (Wildman–Crippen MR) is 89.0 cm³/mol. The van der Waals surface area contributed by atoms with Crippen LogP contribution in [0.2, 0.25) is 0 Å². The minimum absolute atomic E-state index is 0.0374. The number of amides is 1. The van der Waals surface area contributed by atoms with Gasteiger partial charge in [0.1, 0.15) is 17.5 Å². The van der Waals surface area contributed by atoms with E-state index in [0.717, 1.165) is 29.9 Å². The summed E-state index contributed by atoms with van der Waals surface area (Å²) in [5.41, 5.74) is 1.00. The van der Waals surface area contributed by atoms with E-state index in [4.69, 9.17) is 9.47 Å². The Bertz CT molecular complexity index is 633. The molecule has 6 nitrogen and oxygen atoms in total. The van der Waals surface area contributed by atoms with Crippen molar-refractivity contribution in [2.75, 3.05) is 27.3 Å². The molecule has 0 radical (unpaired) electrons. The van der Waals surface area contributed by atoms with Crippen LogP contribution in [-0.4, -0.2) is 50.2 Å². The molecule has 2 saturated heterocycles. The number of rotatable bonds is 4. The summed E-state index contributed by atoms with van der Waals surface area (Å²) < 4.78 is 11.0. The predicted octanol–water partition coefficient (Wildman–Crippen LogP) is 1.66. The van der Waals surface area contributed by atoms with Crippen molar-refractivity contribution in [3.63, 3.8) is 0 Å². The lowest BCUT2D eigenvalue weighted by molar-refractivity contribution is -0.133. The molecule has 3 rings (SSSR count). The number of ether oxygens (including phenoxy) is 2. The molecule has 2 fully saturated rings. The molecule has 0 spiro atoms. The van der Waals surface area contributed by atoms with Crippen molar-refractivity contribution in [2.45, 2.75) is 37.3 Å². The molecule has 0 unspecified atom stereocenters. The fourth-order valence-corrected chi connectivity index (χ4v) is 3.79. The first-order valence-corrected chi connectivity index (χ1v) is 8.34. The number of benzene rings is 1. The largest absolute Gasteiger partial charge is 0.496 e. The highest BCUT2D eigenvalue weighted by atomic mass is 16.5. The highest BCUT2D eigenvalue weighted by molar-refractivity contribution is 5.83. The van der Waals surface area contributed by atoms with Gasteiger partial charge in [-0.3, -0.25) is 4.79 Å². The first kappa shape index (κ1) is 16.6. The fraction of sp³-hybridized carbons (Fsp3) is 0.556. The summed E-state index contributed by atoms with van der Waals surface area (Å²) in [6.07, 6.45) is 2.36. The van der Waals surface area contributed by atoms with Gasteiger partial charge in [-0.25, -0.2) is 0 Å². The number of nitriles is 1. The second-order valence-electron chi connectivity index (χ2n) is 6.29. The second-order valence-corrected chi connectivity index (χ2v) is 6.29. The number of likely N-dealkylation sites (tertiary alicyclic amines) is 1. The standard InChI is InChI=1S/C18H23N3O3/c1-23-15-6-3-7-16(24-2)17(15)12-9-14(20-11-12)18(22)21-8-4-5-13(21)10-19/h3,6-7,12-14,20H,4-5,8-9,11H2,1-2H3/t12-,13-,14-/m0/s1. The summed E-state index contributed by atoms with van der Waals surface area (Å²) in [4.78, 5) is 14.5. The smallest absolute Gasteiger partial charge is 0.240 e. The molecule has 2 aliphatic rings. The summed E-state index contributed by atoms with van der Waals surface area (Å²) in [5, 5.41) is 12.5. The van der Waals surface area contributed by atoms with Gasteiger partial charge in [0.15, 0.2) is 0 Å². The fourth-order valence-electron chi connectivity index (χ4n) is 3.79. The summed E-state index contributed by atoms with van der Waals surface area (Å²) in [6, 6.07) is 7.43. The molecule has 0 saturated carbocycles. The van der Waals surface area contributed by atoms with Crippen LogP contribution in [0.1, 0.15) is 30.7 Å². The summed E-state index contributed by atoms with van der Waals surface area (Å²) in [5.74, 6) is 1.75. The molecule has 24 heavy (non-hydrogen) atoms. The summed E-state index contributed by atoms with van der Waals surface area (Å²) in [7, 11) is 3.29. The topological polar surface area (TPSA) is 74.6 Å². The number of carbonyl (C=O) groups excluding carboxylic acids is 1. The maximum atomic E-state index is 12.8. The summed E-state index contributed by atoms with van der Waals surface area (Å²) >= 11 is 0. The van der Waals surface area contributed by atoms with Crippen LogP contribution >= 0.6 is 0 Å². The number of hydrogen-bond acceptors (Lipinski definition) is 5. The van der Waals surface area contributed by atoms with Gasteiger partial charge in [-0.2, -0.15) is 5.26 Å². The van der Waals surface area contributed by atoms with Gasteiger partial charge in [0.05, 0.1) is 26.3 Å². The van der Waals surface area contributed by atoms with E-state index in [1.807, 2.05) is 18.2 Å². The van der Waals surface area contributed by atoms with Gasteiger partial charge in [-0.1, -0.05) is 6.07 Å². The molecule has 3 atom stereocenters. The molecule has 1 amide bonds. The Morgan fingerprint density at radius 3 is 2.67 bits per heavy atom. The van der Waals surface area contributed by atoms with Crippen molar-refractivity contribution in [1.29, 1.82) is 5.26 Å². The van der Waals surface area contributed by atoms with E-state index < -0.39 is 0 Å². The lowest BCUT2D eigenvalue weighted by Crippen LogP contribution is -2.45. The van der Waals surface area contributed by atoms with Gasteiger partial charge in [0, 0.05) is 24.6 Å². The first-order valence-electron chi connectivity index (χ1n) is 8.34. The van der Waals surface area contributed by atoms with Crippen LogP contribution in [0.3, 0.4) is 0 Å². The minimum atomic E-state index is -0.279. The molecule has 1 aromatic rings. The van der Waals surface area contributed by atoms with Gasteiger partial charge in [0.25, 0.3) is 0 Å². The van der Waals surface area contributed by atoms with Gasteiger partial charge in [0.2, 0.25) is 5.91 Å².